The minimum Gasteiger partial charge on any atom is -0.497 e. The van der Waals surface area contributed by atoms with Crippen molar-refractivity contribution in [3.05, 3.63) is 34.4 Å². The molecule has 0 unspecified atom stereocenters. The number of hydrogen-bond acceptors (Lipinski definition) is 3. The van der Waals surface area contributed by atoms with Crippen molar-refractivity contribution in [3.63, 3.8) is 0 Å². The van der Waals surface area contributed by atoms with Crippen molar-refractivity contribution in [2.45, 2.75) is 0 Å². The molecule has 2 rings (SSSR count). The molecule has 78 valence electrons. The molecule has 0 saturated heterocycles. The summed E-state index contributed by atoms with van der Waals surface area (Å²) in [6.07, 6.45) is 0. The van der Waals surface area contributed by atoms with Gasteiger partial charge in [-0.2, -0.15) is 0 Å². The van der Waals surface area contributed by atoms with E-state index in [-0.39, 0.29) is 0 Å². The SMILES string of the molecule is COc1ccc(-c2csc(=N)n2C)cc1. The molecule has 3 nitrogen and oxygen atoms in total. The van der Waals surface area contributed by atoms with Crippen LogP contribution in [0.15, 0.2) is 29.6 Å². The van der Waals surface area contributed by atoms with Crippen LogP contribution in [0, 0.1) is 5.41 Å². The van der Waals surface area contributed by atoms with Gasteiger partial charge in [0.1, 0.15) is 5.75 Å². The second-order valence-electron chi connectivity index (χ2n) is 3.21. The molecule has 0 aliphatic heterocycles. The Bertz CT molecular complexity index is 510. The van der Waals surface area contributed by atoms with Crippen molar-refractivity contribution in [2.75, 3.05) is 7.11 Å². The van der Waals surface area contributed by atoms with Gasteiger partial charge in [-0.25, -0.2) is 0 Å². The summed E-state index contributed by atoms with van der Waals surface area (Å²) in [7, 11) is 3.56. The summed E-state index contributed by atoms with van der Waals surface area (Å²) in [6.45, 7) is 0. The van der Waals surface area contributed by atoms with E-state index in [1.807, 2.05) is 41.3 Å². The molecular weight excluding hydrogens is 208 g/mol. The normalized spacial score (nSPS) is 10.3. The number of methoxy groups -OCH3 is 1. The summed E-state index contributed by atoms with van der Waals surface area (Å²) in [5.41, 5.74) is 2.17. The molecule has 1 N–H and O–H groups in total. The molecule has 1 heterocycles. The number of hydrogen-bond donors (Lipinski definition) is 1. The number of benzene rings is 1. The fraction of sp³-hybridized carbons (Fsp3) is 0.182. The van der Waals surface area contributed by atoms with Crippen molar-refractivity contribution < 1.29 is 4.74 Å². The van der Waals surface area contributed by atoms with E-state index in [1.165, 1.54) is 11.3 Å². The summed E-state index contributed by atoms with van der Waals surface area (Å²) in [5.74, 6) is 0.850. The van der Waals surface area contributed by atoms with Crippen molar-refractivity contribution in [2.24, 2.45) is 7.05 Å². The van der Waals surface area contributed by atoms with E-state index >= 15 is 0 Å². The van der Waals surface area contributed by atoms with Gasteiger partial charge in [-0.15, -0.1) is 11.3 Å². The number of thiazole rings is 1. The second-order valence-corrected chi connectivity index (χ2v) is 4.07. The molecule has 0 aliphatic rings. The maximum absolute atomic E-state index is 7.62. The second kappa shape index (κ2) is 3.90. The van der Waals surface area contributed by atoms with Gasteiger partial charge in [0.25, 0.3) is 0 Å². The van der Waals surface area contributed by atoms with Gasteiger partial charge in [-0.05, 0) is 29.8 Å². The van der Waals surface area contributed by atoms with Gasteiger partial charge in [0, 0.05) is 12.4 Å². The van der Waals surface area contributed by atoms with Crippen molar-refractivity contribution in [1.29, 1.82) is 5.41 Å². The van der Waals surface area contributed by atoms with Gasteiger partial charge in [0.15, 0.2) is 4.80 Å². The van der Waals surface area contributed by atoms with Gasteiger partial charge in [-0.1, -0.05) is 0 Å². The lowest BCUT2D eigenvalue weighted by molar-refractivity contribution is 0.415. The third-order valence-electron chi connectivity index (χ3n) is 2.33. The molecule has 0 bridgehead atoms. The van der Waals surface area contributed by atoms with E-state index in [1.54, 1.807) is 7.11 Å². The summed E-state index contributed by atoms with van der Waals surface area (Å²) >= 11 is 1.43. The van der Waals surface area contributed by atoms with Crippen LogP contribution in [0.25, 0.3) is 11.3 Å². The van der Waals surface area contributed by atoms with Crippen LogP contribution < -0.4 is 9.54 Å². The van der Waals surface area contributed by atoms with Crippen LogP contribution in [0.1, 0.15) is 0 Å². The standard InChI is InChI=1S/C11H12N2OS/c1-13-10(7-15-11(13)12)8-3-5-9(14-2)6-4-8/h3-7,12H,1-2H3. The molecule has 0 fully saturated rings. The van der Waals surface area contributed by atoms with E-state index in [2.05, 4.69) is 0 Å². The highest BCUT2D eigenvalue weighted by Crippen LogP contribution is 2.21. The van der Waals surface area contributed by atoms with Crippen LogP contribution in [0.2, 0.25) is 0 Å². The average Bonchev–Trinajstić information content (AvgIpc) is 2.60. The Balaban J connectivity index is 2.46. The topological polar surface area (TPSA) is 38.0 Å². The lowest BCUT2D eigenvalue weighted by Gasteiger charge is -2.04. The highest BCUT2D eigenvalue weighted by atomic mass is 32.1. The third kappa shape index (κ3) is 1.80. The highest BCUT2D eigenvalue weighted by molar-refractivity contribution is 7.07. The molecule has 0 spiro atoms. The Kier molecular flexibility index (Phi) is 2.60. The van der Waals surface area contributed by atoms with Crippen LogP contribution in [0.5, 0.6) is 5.75 Å². The lowest BCUT2D eigenvalue weighted by atomic mass is 10.1. The number of ether oxygens (including phenoxy) is 1. The van der Waals surface area contributed by atoms with Crippen molar-refractivity contribution >= 4 is 11.3 Å². The molecule has 0 saturated carbocycles. The predicted molar refractivity (Wildman–Crippen MR) is 61.1 cm³/mol. The third-order valence-corrected chi connectivity index (χ3v) is 3.17. The lowest BCUT2D eigenvalue weighted by Crippen LogP contribution is -2.08. The molecule has 0 aliphatic carbocycles. The van der Waals surface area contributed by atoms with Crippen LogP contribution in [-0.2, 0) is 7.05 Å². The molecule has 0 atom stereocenters. The maximum atomic E-state index is 7.62. The molecule has 4 heteroatoms. The molecular formula is C11H12N2OS. The van der Waals surface area contributed by atoms with E-state index in [0.717, 1.165) is 17.0 Å². The predicted octanol–water partition coefficient (Wildman–Crippen LogP) is 2.24. The van der Waals surface area contributed by atoms with Crippen LogP contribution >= 0.6 is 11.3 Å². The quantitative estimate of drug-likeness (QED) is 0.828. The summed E-state index contributed by atoms with van der Waals surface area (Å²) in [6, 6.07) is 7.86. The first-order valence-corrected chi connectivity index (χ1v) is 5.44. The van der Waals surface area contributed by atoms with Gasteiger partial charge in [0.05, 0.1) is 12.8 Å². The Labute approximate surface area is 92.1 Å². The fourth-order valence-corrected chi connectivity index (χ4v) is 2.18. The van der Waals surface area contributed by atoms with Crippen LogP contribution in [0.3, 0.4) is 0 Å². The van der Waals surface area contributed by atoms with Gasteiger partial charge in [-0.3, -0.25) is 5.41 Å². The fourth-order valence-electron chi connectivity index (χ4n) is 1.40. The largest absolute Gasteiger partial charge is 0.497 e. The zero-order valence-electron chi connectivity index (χ0n) is 8.65. The zero-order valence-corrected chi connectivity index (χ0v) is 9.47. The average molecular weight is 220 g/mol. The minimum absolute atomic E-state index is 0.556. The Morgan fingerprint density at radius 1 is 1.27 bits per heavy atom. The minimum atomic E-state index is 0.556. The Hall–Kier alpha value is -1.55. The van der Waals surface area contributed by atoms with E-state index in [4.69, 9.17) is 10.1 Å². The molecule has 0 amide bonds. The summed E-state index contributed by atoms with van der Waals surface area (Å²) in [4.78, 5) is 0.556. The molecule has 15 heavy (non-hydrogen) atoms. The molecule has 2 aromatic rings. The monoisotopic (exact) mass is 220 g/mol. The van der Waals surface area contributed by atoms with E-state index in [0.29, 0.717) is 4.80 Å². The first-order chi connectivity index (χ1) is 7.22. The maximum Gasteiger partial charge on any atom is 0.182 e. The zero-order chi connectivity index (χ0) is 10.8. The van der Waals surface area contributed by atoms with Crippen molar-refractivity contribution in [1.82, 2.24) is 4.57 Å². The first kappa shape index (κ1) is 9.98. The van der Waals surface area contributed by atoms with Crippen molar-refractivity contribution in [3.8, 4) is 17.0 Å². The molecule has 1 aromatic carbocycles. The molecule has 0 radical (unpaired) electrons. The van der Waals surface area contributed by atoms with Gasteiger partial charge < -0.3 is 9.30 Å². The highest BCUT2D eigenvalue weighted by Gasteiger charge is 2.03. The number of nitrogens with one attached hydrogen (secondary N) is 1. The van der Waals surface area contributed by atoms with Crippen LogP contribution in [0.4, 0.5) is 0 Å². The number of nitrogens with zero attached hydrogens (tertiary/aromatic N) is 1. The van der Waals surface area contributed by atoms with Gasteiger partial charge >= 0.3 is 0 Å². The van der Waals surface area contributed by atoms with Gasteiger partial charge in [0.2, 0.25) is 0 Å². The number of rotatable bonds is 2. The van der Waals surface area contributed by atoms with E-state index < -0.39 is 0 Å². The Morgan fingerprint density at radius 3 is 2.40 bits per heavy atom. The first-order valence-electron chi connectivity index (χ1n) is 4.56. The number of aromatic nitrogens is 1. The summed E-state index contributed by atoms with van der Waals surface area (Å²) in [5, 5.41) is 9.62. The van der Waals surface area contributed by atoms with Crippen LogP contribution in [-0.4, -0.2) is 11.7 Å². The smallest absolute Gasteiger partial charge is 0.182 e. The van der Waals surface area contributed by atoms with E-state index in [9.17, 15) is 0 Å². The Morgan fingerprint density at radius 2 is 1.93 bits per heavy atom. The molecule has 1 aromatic heterocycles. The summed E-state index contributed by atoms with van der Waals surface area (Å²) < 4.78 is 6.97.